The molecule has 1 aromatic heterocycles. The predicted molar refractivity (Wildman–Crippen MR) is 86.4 cm³/mol. The second-order valence-corrected chi connectivity index (χ2v) is 6.86. The van der Waals surface area contributed by atoms with Crippen LogP contribution in [0.25, 0.3) is 10.2 Å². The summed E-state index contributed by atoms with van der Waals surface area (Å²) in [6, 6.07) is 5.52. The highest BCUT2D eigenvalue weighted by atomic mass is 32.1. The number of carbonyl (C=O) groups excluding carboxylic acids is 2. The Kier molecular flexibility index (Phi) is 3.54. The van der Waals surface area contributed by atoms with Crippen molar-refractivity contribution >= 4 is 33.4 Å². The van der Waals surface area contributed by atoms with Gasteiger partial charge in [0.05, 0.1) is 40.9 Å². The van der Waals surface area contributed by atoms with Crippen LogP contribution < -0.4 is 0 Å². The SMILES string of the molecule is CN1C(=O)CCO[C@H]2CN(C(=O)c3ccc4ncsc4c3)C[C@@H]21. The van der Waals surface area contributed by atoms with Crippen LogP contribution in [0, 0.1) is 0 Å². The Morgan fingerprint density at radius 1 is 1.39 bits per heavy atom. The van der Waals surface area contributed by atoms with Gasteiger partial charge in [0.1, 0.15) is 0 Å². The van der Waals surface area contributed by atoms with Gasteiger partial charge < -0.3 is 14.5 Å². The van der Waals surface area contributed by atoms with Crippen LogP contribution in [0.2, 0.25) is 0 Å². The summed E-state index contributed by atoms with van der Waals surface area (Å²) in [5.41, 5.74) is 3.35. The van der Waals surface area contributed by atoms with Crippen molar-refractivity contribution in [2.75, 3.05) is 26.7 Å². The fourth-order valence-corrected chi connectivity index (χ4v) is 4.00. The lowest BCUT2D eigenvalue weighted by molar-refractivity contribution is -0.131. The van der Waals surface area contributed by atoms with E-state index in [0.717, 1.165) is 10.2 Å². The van der Waals surface area contributed by atoms with Gasteiger partial charge in [-0.2, -0.15) is 0 Å². The smallest absolute Gasteiger partial charge is 0.254 e. The lowest BCUT2D eigenvalue weighted by Crippen LogP contribution is -2.43. The van der Waals surface area contributed by atoms with Crippen molar-refractivity contribution in [3.8, 4) is 0 Å². The van der Waals surface area contributed by atoms with E-state index in [1.165, 1.54) is 11.3 Å². The Hall–Kier alpha value is -1.99. The van der Waals surface area contributed by atoms with Gasteiger partial charge in [-0.1, -0.05) is 0 Å². The first kappa shape index (κ1) is 14.6. The fraction of sp³-hybridized carbons (Fsp3) is 0.438. The number of likely N-dealkylation sites (tertiary alicyclic amines) is 1. The molecule has 0 saturated carbocycles. The topological polar surface area (TPSA) is 62.7 Å². The first-order valence-electron chi connectivity index (χ1n) is 7.63. The number of hydrogen-bond acceptors (Lipinski definition) is 5. The molecule has 0 bridgehead atoms. The van der Waals surface area contributed by atoms with Crippen LogP contribution in [0.3, 0.4) is 0 Å². The van der Waals surface area contributed by atoms with Crippen molar-refractivity contribution in [3.05, 3.63) is 29.3 Å². The summed E-state index contributed by atoms with van der Waals surface area (Å²) in [5, 5.41) is 0. The van der Waals surface area contributed by atoms with Gasteiger partial charge in [-0.25, -0.2) is 4.98 Å². The molecule has 23 heavy (non-hydrogen) atoms. The summed E-state index contributed by atoms with van der Waals surface area (Å²) >= 11 is 1.53. The summed E-state index contributed by atoms with van der Waals surface area (Å²) in [4.78, 5) is 32.5. The number of nitrogens with zero attached hydrogens (tertiary/aromatic N) is 3. The van der Waals surface area contributed by atoms with E-state index in [1.54, 1.807) is 22.4 Å². The van der Waals surface area contributed by atoms with Gasteiger partial charge in [-0.05, 0) is 18.2 Å². The quantitative estimate of drug-likeness (QED) is 0.792. The van der Waals surface area contributed by atoms with Crippen LogP contribution >= 0.6 is 11.3 Å². The zero-order valence-corrected chi connectivity index (χ0v) is 13.6. The number of ether oxygens (including phenoxy) is 1. The van der Waals surface area contributed by atoms with Crippen molar-refractivity contribution in [2.24, 2.45) is 0 Å². The number of likely N-dealkylation sites (N-methyl/N-ethyl adjacent to an activating group) is 1. The zero-order valence-electron chi connectivity index (χ0n) is 12.8. The van der Waals surface area contributed by atoms with Crippen molar-refractivity contribution in [2.45, 2.75) is 18.6 Å². The van der Waals surface area contributed by atoms with E-state index < -0.39 is 0 Å². The fourth-order valence-electron chi connectivity index (χ4n) is 3.29. The van der Waals surface area contributed by atoms with Crippen molar-refractivity contribution in [1.29, 1.82) is 0 Å². The number of benzene rings is 1. The van der Waals surface area contributed by atoms with E-state index in [-0.39, 0.29) is 24.0 Å². The molecule has 3 heterocycles. The summed E-state index contributed by atoms with van der Waals surface area (Å²) in [7, 11) is 1.80. The predicted octanol–water partition coefficient (Wildman–Crippen LogP) is 1.37. The van der Waals surface area contributed by atoms with Gasteiger partial charge in [0.25, 0.3) is 5.91 Å². The molecule has 4 rings (SSSR count). The number of carbonyl (C=O) groups is 2. The van der Waals surface area contributed by atoms with Crippen LogP contribution in [-0.2, 0) is 9.53 Å². The molecule has 2 amide bonds. The molecule has 2 atom stereocenters. The number of rotatable bonds is 1. The maximum absolute atomic E-state index is 12.8. The second-order valence-electron chi connectivity index (χ2n) is 5.98. The Balaban J connectivity index is 1.56. The summed E-state index contributed by atoms with van der Waals surface area (Å²) in [6.45, 7) is 1.48. The van der Waals surface area contributed by atoms with E-state index in [1.807, 2.05) is 18.2 Å². The van der Waals surface area contributed by atoms with Crippen LogP contribution in [0.1, 0.15) is 16.8 Å². The molecule has 0 radical (unpaired) electrons. The lowest BCUT2D eigenvalue weighted by Gasteiger charge is -2.25. The van der Waals surface area contributed by atoms with Gasteiger partial charge in [0.2, 0.25) is 5.91 Å². The zero-order chi connectivity index (χ0) is 16.0. The molecule has 0 N–H and O–H groups in total. The second kappa shape index (κ2) is 5.58. The van der Waals surface area contributed by atoms with Gasteiger partial charge in [0, 0.05) is 25.7 Å². The van der Waals surface area contributed by atoms with E-state index >= 15 is 0 Å². The van der Waals surface area contributed by atoms with Crippen molar-refractivity contribution < 1.29 is 14.3 Å². The largest absolute Gasteiger partial charge is 0.374 e. The van der Waals surface area contributed by atoms with Crippen LogP contribution in [-0.4, -0.2) is 65.5 Å². The molecular weight excluding hydrogens is 314 g/mol. The Bertz CT molecular complexity index is 775. The summed E-state index contributed by atoms with van der Waals surface area (Å²) < 4.78 is 6.78. The third-order valence-corrected chi connectivity index (χ3v) is 5.43. The molecule has 7 heteroatoms. The normalized spacial score (nSPS) is 24.8. The molecular formula is C16H17N3O3S. The monoisotopic (exact) mass is 331 g/mol. The van der Waals surface area contributed by atoms with Crippen LogP contribution in [0.15, 0.2) is 23.7 Å². The average molecular weight is 331 g/mol. The van der Waals surface area contributed by atoms with Gasteiger partial charge >= 0.3 is 0 Å². The minimum atomic E-state index is -0.0949. The first-order valence-corrected chi connectivity index (χ1v) is 8.51. The van der Waals surface area contributed by atoms with Gasteiger partial charge in [0.15, 0.2) is 0 Å². The Morgan fingerprint density at radius 2 is 2.26 bits per heavy atom. The number of thiazole rings is 1. The van der Waals surface area contributed by atoms with Gasteiger partial charge in [-0.3, -0.25) is 9.59 Å². The standard InChI is InChI=1S/C16H17N3O3S/c1-18-12-7-19(8-13(12)22-5-4-15(18)20)16(21)10-2-3-11-14(6-10)23-9-17-11/h2-3,6,9,12-13H,4-5,7-8H2,1H3/t12-,13-/m0/s1. The molecule has 2 saturated heterocycles. The van der Waals surface area contributed by atoms with Crippen LogP contribution in [0.5, 0.6) is 0 Å². The van der Waals surface area contributed by atoms with E-state index in [0.29, 0.717) is 31.7 Å². The number of aromatic nitrogens is 1. The highest BCUT2D eigenvalue weighted by molar-refractivity contribution is 7.16. The highest BCUT2D eigenvalue weighted by Crippen LogP contribution is 2.25. The Morgan fingerprint density at radius 3 is 3.13 bits per heavy atom. The molecule has 0 spiro atoms. The van der Waals surface area contributed by atoms with E-state index in [4.69, 9.17) is 4.74 Å². The molecule has 2 aliphatic heterocycles. The first-order chi connectivity index (χ1) is 11.1. The highest BCUT2D eigenvalue weighted by Gasteiger charge is 2.41. The van der Waals surface area contributed by atoms with E-state index in [2.05, 4.69) is 4.98 Å². The minimum Gasteiger partial charge on any atom is -0.374 e. The number of fused-ring (bicyclic) bond motifs is 2. The lowest BCUT2D eigenvalue weighted by atomic mass is 10.2. The molecule has 2 fully saturated rings. The van der Waals surface area contributed by atoms with Crippen molar-refractivity contribution in [3.63, 3.8) is 0 Å². The third kappa shape index (κ3) is 2.49. The molecule has 2 aromatic rings. The van der Waals surface area contributed by atoms with Crippen molar-refractivity contribution in [1.82, 2.24) is 14.8 Å². The van der Waals surface area contributed by atoms with E-state index in [9.17, 15) is 9.59 Å². The average Bonchev–Trinajstić information content (AvgIpc) is 3.16. The summed E-state index contributed by atoms with van der Waals surface area (Å²) in [5.74, 6) is 0.0655. The molecule has 6 nitrogen and oxygen atoms in total. The molecule has 0 aliphatic carbocycles. The Labute approximate surface area is 137 Å². The number of hydrogen-bond donors (Lipinski definition) is 0. The maximum atomic E-state index is 12.8. The number of amides is 2. The van der Waals surface area contributed by atoms with Crippen LogP contribution in [0.4, 0.5) is 0 Å². The maximum Gasteiger partial charge on any atom is 0.254 e. The minimum absolute atomic E-state index is 0.0159. The molecule has 0 unspecified atom stereocenters. The molecule has 120 valence electrons. The summed E-state index contributed by atoms with van der Waals surface area (Å²) in [6.07, 6.45) is 0.321. The molecule has 1 aromatic carbocycles. The van der Waals surface area contributed by atoms with Gasteiger partial charge in [-0.15, -0.1) is 11.3 Å². The third-order valence-electron chi connectivity index (χ3n) is 4.64. The molecule has 2 aliphatic rings.